The number of nitrogens with zero attached hydrogens (tertiary/aromatic N) is 1. The summed E-state index contributed by atoms with van der Waals surface area (Å²) in [6, 6.07) is 9.75. The van der Waals surface area contributed by atoms with Crippen molar-refractivity contribution in [1.29, 1.82) is 0 Å². The minimum absolute atomic E-state index is 0.0620. The van der Waals surface area contributed by atoms with E-state index in [1.807, 2.05) is 51.1 Å². The summed E-state index contributed by atoms with van der Waals surface area (Å²) in [4.78, 5) is 26.4. The van der Waals surface area contributed by atoms with Gasteiger partial charge in [-0.15, -0.1) is 0 Å². The summed E-state index contributed by atoms with van der Waals surface area (Å²) in [7, 11) is 1.40. The highest BCUT2D eigenvalue weighted by molar-refractivity contribution is 5.88. The van der Waals surface area contributed by atoms with Gasteiger partial charge in [-0.25, -0.2) is 0 Å². The third kappa shape index (κ3) is 2.94. The zero-order chi connectivity index (χ0) is 15.6. The normalized spacial score (nSPS) is 22.2. The zero-order valence-electron chi connectivity index (χ0n) is 13.1. The molecule has 1 aliphatic heterocycles. The minimum Gasteiger partial charge on any atom is -0.469 e. The lowest BCUT2D eigenvalue weighted by Gasteiger charge is -2.29. The van der Waals surface area contributed by atoms with Crippen molar-refractivity contribution < 1.29 is 14.3 Å². The maximum absolute atomic E-state index is 12.8. The molecule has 0 radical (unpaired) electrons. The fourth-order valence-electron chi connectivity index (χ4n) is 2.96. The number of benzene rings is 1. The van der Waals surface area contributed by atoms with Gasteiger partial charge in [-0.1, -0.05) is 37.3 Å². The molecular formula is C17H23NO3. The molecule has 1 fully saturated rings. The van der Waals surface area contributed by atoms with Crippen LogP contribution in [-0.4, -0.2) is 37.0 Å². The predicted octanol–water partition coefficient (Wildman–Crippen LogP) is 2.23. The largest absolute Gasteiger partial charge is 0.469 e. The monoisotopic (exact) mass is 289 g/mol. The van der Waals surface area contributed by atoms with Crippen molar-refractivity contribution in [2.45, 2.75) is 26.2 Å². The number of esters is 1. The molecule has 0 saturated carbocycles. The van der Waals surface area contributed by atoms with Crippen molar-refractivity contribution in [2.24, 2.45) is 11.8 Å². The highest BCUT2D eigenvalue weighted by Gasteiger charge is 2.42. The fraction of sp³-hybridized carbons (Fsp3) is 0.529. The van der Waals surface area contributed by atoms with E-state index < -0.39 is 5.41 Å². The van der Waals surface area contributed by atoms with Gasteiger partial charge in [0.2, 0.25) is 5.91 Å². The first-order valence-corrected chi connectivity index (χ1v) is 7.30. The van der Waals surface area contributed by atoms with Crippen LogP contribution in [0.3, 0.4) is 0 Å². The van der Waals surface area contributed by atoms with Crippen molar-refractivity contribution in [2.75, 3.05) is 20.2 Å². The fourth-order valence-corrected chi connectivity index (χ4v) is 2.96. The van der Waals surface area contributed by atoms with Gasteiger partial charge >= 0.3 is 5.97 Å². The Labute approximate surface area is 126 Å². The van der Waals surface area contributed by atoms with Gasteiger partial charge in [-0.3, -0.25) is 9.59 Å². The molecule has 0 spiro atoms. The van der Waals surface area contributed by atoms with Crippen LogP contribution >= 0.6 is 0 Å². The van der Waals surface area contributed by atoms with Crippen molar-refractivity contribution in [3.8, 4) is 0 Å². The first-order chi connectivity index (χ1) is 9.87. The standard InChI is InChI=1S/C17H23NO3/c1-12-10-18(11-14(12)15(19)21-4)16(20)17(2,3)13-8-6-5-7-9-13/h5-9,12,14H,10-11H2,1-4H3. The molecule has 4 nitrogen and oxygen atoms in total. The molecular weight excluding hydrogens is 266 g/mol. The molecule has 21 heavy (non-hydrogen) atoms. The number of carbonyl (C=O) groups excluding carboxylic acids is 2. The average Bonchev–Trinajstić information content (AvgIpc) is 2.88. The van der Waals surface area contributed by atoms with Crippen molar-refractivity contribution in [3.05, 3.63) is 35.9 Å². The molecule has 1 aliphatic rings. The topological polar surface area (TPSA) is 46.6 Å². The number of hydrogen-bond donors (Lipinski definition) is 0. The van der Waals surface area contributed by atoms with Crippen molar-refractivity contribution >= 4 is 11.9 Å². The molecule has 0 aromatic heterocycles. The molecule has 2 unspecified atom stereocenters. The van der Waals surface area contributed by atoms with Crippen LogP contribution in [0.2, 0.25) is 0 Å². The third-order valence-electron chi connectivity index (χ3n) is 4.43. The van der Waals surface area contributed by atoms with Gasteiger partial charge in [0.05, 0.1) is 18.4 Å². The average molecular weight is 289 g/mol. The molecule has 114 valence electrons. The van der Waals surface area contributed by atoms with Gasteiger partial charge in [-0.2, -0.15) is 0 Å². The lowest BCUT2D eigenvalue weighted by Crippen LogP contribution is -2.42. The maximum Gasteiger partial charge on any atom is 0.310 e. The van der Waals surface area contributed by atoms with E-state index in [-0.39, 0.29) is 23.7 Å². The third-order valence-corrected chi connectivity index (χ3v) is 4.43. The Balaban J connectivity index is 2.16. The SMILES string of the molecule is COC(=O)C1CN(C(=O)C(C)(C)c2ccccc2)CC1C. The van der Waals surface area contributed by atoms with Crippen LogP contribution in [0.15, 0.2) is 30.3 Å². The van der Waals surface area contributed by atoms with Crippen molar-refractivity contribution in [3.63, 3.8) is 0 Å². The van der Waals surface area contributed by atoms with E-state index in [1.165, 1.54) is 7.11 Å². The van der Waals surface area contributed by atoms with Gasteiger partial charge < -0.3 is 9.64 Å². The molecule has 0 N–H and O–H groups in total. The second kappa shape index (κ2) is 5.88. The second-order valence-electron chi connectivity index (χ2n) is 6.31. The molecule has 0 aliphatic carbocycles. The minimum atomic E-state index is -0.591. The first-order valence-electron chi connectivity index (χ1n) is 7.30. The van der Waals surface area contributed by atoms with Crippen molar-refractivity contribution in [1.82, 2.24) is 4.90 Å². The van der Waals surface area contributed by atoms with E-state index >= 15 is 0 Å². The smallest absolute Gasteiger partial charge is 0.310 e. The van der Waals surface area contributed by atoms with Gasteiger partial charge in [0, 0.05) is 13.1 Å². The summed E-state index contributed by atoms with van der Waals surface area (Å²) in [5.74, 6) is -0.249. The molecule has 4 heteroatoms. The summed E-state index contributed by atoms with van der Waals surface area (Å²) in [6.07, 6.45) is 0. The number of methoxy groups -OCH3 is 1. The Hall–Kier alpha value is -1.84. The number of rotatable bonds is 3. The summed E-state index contributed by atoms with van der Waals surface area (Å²) in [6.45, 7) is 6.91. The zero-order valence-corrected chi connectivity index (χ0v) is 13.1. The van der Waals surface area contributed by atoms with E-state index in [9.17, 15) is 9.59 Å². The van der Waals surface area contributed by atoms with Gasteiger partial charge in [0.1, 0.15) is 0 Å². The highest BCUT2D eigenvalue weighted by atomic mass is 16.5. The number of hydrogen-bond acceptors (Lipinski definition) is 3. The number of likely N-dealkylation sites (tertiary alicyclic amines) is 1. The summed E-state index contributed by atoms with van der Waals surface area (Å²) < 4.78 is 4.83. The summed E-state index contributed by atoms with van der Waals surface area (Å²) >= 11 is 0. The Kier molecular flexibility index (Phi) is 4.35. The Morgan fingerprint density at radius 1 is 1.19 bits per heavy atom. The highest BCUT2D eigenvalue weighted by Crippen LogP contribution is 2.31. The maximum atomic E-state index is 12.8. The molecule has 1 aromatic carbocycles. The predicted molar refractivity (Wildman–Crippen MR) is 80.7 cm³/mol. The van der Waals surface area contributed by atoms with E-state index in [1.54, 1.807) is 4.90 Å². The van der Waals surface area contributed by atoms with E-state index in [0.717, 1.165) is 5.56 Å². The van der Waals surface area contributed by atoms with Gasteiger partial charge in [-0.05, 0) is 25.3 Å². The van der Waals surface area contributed by atoms with Crippen LogP contribution in [0.5, 0.6) is 0 Å². The van der Waals surface area contributed by atoms with Crippen LogP contribution in [0.1, 0.15) is 26.3 Å². The van der Waals surface area contributed by atoms with E-state index in [0.29, 0.717) is 13.1 Å². The summed E-state index contributed by atoms with van der Waals surface area (Å²) in [5.41, 5.74) is 0.399. The van der Waals surface area contributed by atoms with Crippen LogP contribution in [-0.2, 0) is 19.7 Å². The Morgan fingerprint density at radius 2 is 1.81 bits per heavy atom. The number of carbonyl (C=O) groups is 2. The number of amides is 1. The molecule has 2 atom stereocenters. The van der Waals surface area contributed by atoms with Gasteiger partial charge in [0.15, 0.2) is 0 Å². The molecule has 0 bridgehead atoms. The quantitative estimate of drug-likeness (QED) is 0.802. The summed E-state index contributed by atoms with van der Waals surface area (Å²) in [5, 5.41) is 0. The van der Waals surface area contributed by atoms with E-state index in [2.05, 4.69) is 0 Å². The Bertz CT molecular complexity index is 524. The first kappa shape index (κ1) is 15.5. The molecule has 1 aromatic rings. The Morgan fingerprint density at radius 3 is 2.38 bits per heavy atom. The lowest BCUT2D eigenvalue weighted by atomic mass is 9.83. The van der Waals surface area contributed by atoms with Crippen LogP contribution < -0.4 is 0 Å². The lowest BCUT2D eigenvalue weighted by molar-refractivity contribution is -0.146. The molecule has 2 rings (SSSR count). The second-order valence-corrected chi connectivity index (χ2v) is 6.31. The molecule has 1 saturated heterocycles. The van der Waals surface area contributed by atoms with Crippen LogP contribution in [0.4, 0.5) is 0 Å². The van der Waals surface area contributed by atoms with Crippen LogP contribution in [0, 0.1) is 11.8 Å². The van der Waals surface area contributed by atoms with E-state index in [4.69, 9.17) is 4.74 Å². The number of ether oxygens (including phenoxy) is 1. The molecule has 1 heterocycles. The van der Waals surface area contributed by atoms with Gasteiger partial charge in [0.25, 0.3) is 0 Å². The van der Waals surface area contributed by atoms with Crippen LogP contribution in [0.25, 0.3) is 0 Å². The molecule has 1 amide bonds.